The molecule has 0 aliphatic carbocycles. The molecule has 23 heavy (non-hydrogen) atoms. The predicted octanol–water partition coefficient (Wildman–Crippen LogP) is 3.22. The Morgan fingerprint density at radius 3 is 2.09 bits per heavy atom. The zero-order valence-corrected chi connectivity index (χ0v) is 13.9. The number of hydrogen-bond acceptors (Lipinski definition) is 4. The fourth-order valence-corrected chi connectivity index (χ4v) is 2.30. The van der Waals surface area contributed by atoms with Crippen LogP contribution in [0.25, 0.3) is 0 Å². The molecule has 0 aromatic heterocycles. The monoisotopic (exact) mass is 315 g/mol. The highest BCUT2D eigenvalue weighted by molar-refractivity contribution is 5.31. The summed E-state index contributed by atoms with van der Waals surface area (Å²) in [5.41, 5.74) is 1.30. The average Bonchev–Trinajstić information content (AvgIpc) is 2.61. The van der Waals surface area contributed by atoms with Crippen molar-refractivity contribution in [1.29, 1.82) is 0 Å². The van der Waals surface area contributed by atoms with Crippen molar-refractivity contribution in [3.63, 3.8) is 0 Å². The van der Waals surface area contributed by atoms with E-state index in [1.165, 1.54) is 5.56 Å². The minimum atomic E-state index is 0.642. The summed E-state index contributed by atoms with van der Waals surface area (Å²) in [5.74, 6) is 1.69. The SMILES string of the molecule is COCCN(CCOc1ccc(OC)cc1)Cc1ccccc1. The van der Waals surface area contributed by atoms with Crippen LogP contribution in [0.4, 0.5) is 0 Å². The molecule has 4 nitrogen and oxygen atoms in total. The Balaban J connectivity index is 1.82. The van der Waals surface area contributed by atoms with Crippen LogP contribution in [0.15, 0.2) is 54.6 Å². The van der Waals surface area contributed by atoms with Crippen molar-refractivity contribution >= 4 is 0 Å². The number of nitrogens with zero attached hydrogens (tertiary/aromatic N) is 1. The van der Waals surface area contributed by atoms with Crippen LogP contribution in [0.3, 0.4) is 0 Å². The molecule has 0 saturated heterocycles. The van der Waals surface area contributed by atoms with E-state index in [2.05, 4.69) is 29.2 Å². The molecule has 0 radical (unpaired) electrons. The molecule has 124 valence electrons. The first kappa shape index (κ1) is 17.3. The fourth-order valence-electron chi connectivity index (χ4n) is 2.30. The first-order valence-corrected chi connectivity index (χ1v) is 7.84. The van der Waals surface area contributed by atoms with Gasteiger partial charge in [0.1, 0.15) is 18.1 Å². The van der Waals surface area contributed by atoms with Crippen molar-refractivity contribution in [1.82, 2.24) is 4.90 Å². The number of rotatable bonds is 10. The molecule has 0 atom stereocenters. The van der Waals surface area contributed by atoms with Crippen molar-refractivity contribution in [2.24, 2.45) is 0 Å². The summed E-state index contributed by atoms with van der Waals surface area (Å²) >= 11 is 0. The summed E-state index contributed by atoms with van der Waals surface area (Å²) in [6.07, 6.45) is 0. The molecule has 0 aliphatic heterocycles. The molecule has 4 heteroatoms. The Bertz CT molecular complexity index is 542. The van der Waals surface area contributed by atoms with E-state index in [1.54, 1.807) is 14.2 Å². The van der Waals surface area contributed by atoms with E-state index in [0.29, 0.717) is 6.61 Å². The molecule has 0 unspecified atom stereocenters. The van der Waals surface area contributed by atoms with Gasteiger partial charge in [-0.2, -0.15) is 0 Å². The normalized spacial score (nSPS) is 10.7. The Morgan fingerprint density at radius 2 is 1.43 bits per heavy atom. The van der Waals surface area contributed by atoms with Gasteiger partial charge in [-0.25, -0.2) is 0 Å². The lowest BCUT2D eigenvalue weighted by atomic mass is 10.2. The molecule has 0 fully saturated rings. The van der Waals surface area contributed by atoms with Gasteiger partial charge in [-0.3, -0.25) is 4.90 Å². The summed E-state index contributed by atoms with van der Waals surface area (Å²) in [4.78, 5) is 2.34. The number of ether oxygens (including phenoxy) is 3. The molecule has 0 saturated carbocycles. The summed E-state index contributed by atoms with van der Waals surface area (Å²) in [6.45, 7) is 4.00. The maximum Gasteiger partial charge on any atom is 0.119 e. The number of benzene rings is 2. The van der Waals surface area contributed by atoms with Crippen LogP contribution < -0.4 is 9.47 Å². The van der Waals surface area contributed by atoms with Crippen LogP contribution in [0.2, 0.25) is 0 Å². The minimum Gasteiger partial charge on any atom is -0.497 e. The van der Waals surface area contributed by atoms with E-state index in [-0.39, 0.29) is 0 Å². The smallest absolute Gasteiger partial charge is 0.119 e. The van der Waals surface area contributed by atoms with E-state index >= 15 is 0 Å². The zero-order chi connectivity index (χ0) is 16.3. The third kappa shape index (κ3) is 6.30. The standard InChI is InChI=1S/C19H25NO3/c1-21-14-12-20(16-17-6-4-3-5-7-17)13-15-23-19-10-8-18(22-2)9-11-19/h3-11H,12-16H2,1-2H3. The Morgan fingerprint density at radius 1 is 0.783 bits per heavy atom. The minimum absolute atomic E-state index is 0.642. The van der Waals surface area contributed by atoms with Gasteiger partial charge in [-0.1, -0.05) is 30.3 Å². The number of hydrogen-bond donors (Lipinski definition) is 0. The van der Waals surface area contributed by atoms with Crippen molar-refractivity contribution in [2.45, 2.75) is 6.54 Å². The Labute approximate surface area is 138 Å². The van der Waals surface area contributed by atoms with Gasteiger partial charge >= 0.3 is 0 Å². The van der Waals surface area contributed by atoms with E-state index in [1.807, 2.05) is 30.3 Å². The fraction of sp³-hybridized carbons (Fsp3) is 0.368. The van der Waals surface area contributed by atoms with E-state index in [4.69, 9.17) is 14.2 Å². The maximum atomic E-state index is 5.82. The van der Waals surface area contributed by atoms with Crippen LogP contribution in [0.1, 0.15) is 5.56 Å². The molecule has 0 aliphatic rings. The maximum absolute atomic E-state index is 5.82. The Hall–Kier alpha value is -2.04. The summed E-state index contributed by atoms with van der Waals surface area (Å²) in [6, 6.07) is 18.1. The molecular formula is C19H25NO3. The second-order valence-electron chi connectivity index (χ2n) is 5.28. The quantitative estimate of drug-likeness (QED) is 0.673. The van der Waals surface area contributed by atoms with E-state index < -0.39 is 0 Å². The van der Waals surface area contributed by atoms with Gasteiger partial charge < -0.3 is 14.2 Å². The van der Waals surface area contributed by atoms with Crippen LogP contribution in [-0.2, 0) is 11.3 Å². The molecule has 0 N–H and O–H groups in total. The lowest BCUT2D eigenvalue weighted by molar-refractivity contribution is 0.131. The van der Waals surface area contributed by atoms with Gasteiger partial charge in [0.25, 0.3) is 0 Å². The highest BCUT2D eigenvalue weighted by atomic mass is 16.5. The predicted molar refractivity (Wildman–Crippen MR) is 92.1 cm³/mol. The third-order valence-corrected chi connectivity index (χ3v) is 3.60. The van der Waals surface area contributed by atoms with Gasteiger partial charge in [0.05, 0.1) is 13.7 Å². The van der Waals surface area contributed by atoms with E-state index in [0.717, 1.165) is 37.7 Å². The van der Waals surface area contributed by atoms with Crippen LogP contribution in [0, 0.1) is 0 Å². The molecule has 2 aromatic rings. The highest BCUT2D eigenvalue weighted by Gasteiger charge is 2.06. The average molecular weight is 315 g/mol. The first-order valence-electron chi connectivity index (χ1n) is 7.84. The van der Waals surface area contributed by atoms with Crippen LogP contribution in [0.5, 0.6) is 11.5 Å². The van der Waals surface area contributed by atoms with Crippen molar-refractivity contribution in [2.75, 3.05) is 40.5 Å². The second kappa shape index (κ2) is 9.87. The molecule has 0 amide bonds. The van der Waals surface area contributed by atoms with Gasteiger partial charge in [0.2, 0.25) is 0 Å². The summed E-state index contributed by atoms with van der Waals surface area (Å²) in [7, 11) is 3.39. The van der Waals surface area contributed by atoms with Gasteiger partial charge in [-0.05, 0) is 29.8 Å². The lowest BCUT2D eigenvalue weighted by Gasteiger charge is -2.22. The largest absolute Gasteiger partial charge is 0.497 e. The second-order valence-corrected chi connectivity index (χ2v) is 5.28. The van der Waals surface area contributed by atoms with E-state index in [9.17, 15) is 0 Å². The van der Waals surface area contributed by atoms with Gasteiger partial charge in [-0.15, -0.1) is 0 Å². The van der Waals surface area contributed by atoms with Crippen LogP contribution in [-0.4, -0.2) is 45.4 Å². The number of methoxy groups -OCH3 is 2. The Kier molecular flexibility index (Phi) is 7.43. The first-order chi connectivity index (χ1) is 11.3. The van der Waals surface area contributed by atoms with Gasteiger partial charge in [0.15, 0.2) is 0 Å². The third-order valence-electron chi connectivity index (χ3n) is 3.60. The molecule has 2 rings (SSSR count). The van der Waals surface area contributed by atoms with Gasteiger partial charge in [0, 0.05) is 26.7 Å². The van der Waals surface area contributed by atoms with Crippen molar-refractivity contribution < 1.29 is 14.2 Å². The molecule has 0 spiro atoms. The molecule has 2 aromatic carbocycles. The zero-order valence-electron chi connectivity index (χ0n) is 13.9. The molecular weight excluding hydrogens is 290 g/mol. The molecule has 0 heterocycles. The highest BCUT2D eigenvalue weighted by Crippen LogP contribution is 2.17. The summed E-state index contributed by atoms with van der Waals surface area (Å²) < 4.78 is 16.2. The van der Waals surface area contributed by atoms with Crippen molar-refractivity contribution in [3.8, 4) is 11.5 Å². The van der Waals surface area contributed by atoms with Crippen molar-refractivity contribution in [3.05, 3.63) is 60.2 Å². The summed E-state index contributed by atoms with van der Waals surface area (Å²) in [5, 5.41) is 0. The molecule has 0 bridgehead atoms. The van der Waals surface area contributed by atoms with Crippen LogP contribution >= 0.6 is 0 Å². The lowest BCUT2D eigenvalue weighted by Crippen LogP contribution is -2.31. The topological polar surface area (TPSA) is 30.9 Å².